The molecule has 3 aromatic heterocycles. The molecule has 6 heteroatoms. The van der Waals surface area contributed by atoms with Gasteiger partial charge in [0.25, 0.3) is 0 Å². The molecule has 0 unspecified atom stereocenters. The lowest BCUT2D eigenvalue weighted by Crippen LogP contribution is -2.22. The maximum atomic E-state index is 4.67. The van der Waals surface area contributed by atoms with Crippen LogP contribution in [0.3, 0.4) is 0 Å². The Hall–Kier alpha value is -2.21. The van der Waals surface area contributed by atoms with Crippen LogP contribution in [0, 0.1) is 0 Å². The number of hydrogen-bond donors (Lipinski definition) is 0. The van der Waals surface area contributed by atoms with E-state index in [9.17, 15) is 0 Å². The van der Waals surface area contributed by atoms with Crippen LogP contribution in [-0.2, 0) is 19.4 Å². The molecule has 1 saturated heterocycles. The second-order valence-corrected chi connectivity index (χ2v) is 6.98. The molecular formula is C18H22N6. The number of imidazole rings is 2. The molecule has 0 amide bonds. The highest BCUT2D eigenvalue weighted by atomic mass is 15.2. The van der Waals surface area contributed by atoms with E-state index in [0.29, 0.717) is 6.04 Å². The molecular weight excluding hydrogens is 300 g/mol. The van der Waals surface area contributed by atoms with Crippen molar-refractivity contribution in [3.63, 3.8) is 0 Å². The fourth-order valence-corrected chi connectivity index (χ4v) is 4.23. The summed E-state index contributed by atoms with van der Waals surface area (Å²) in [5.41, 5.74) is 5.00. The van der Waals surface area contributed by atoms with E-state index in [1.165, 1.54) is 42.8 Å². The summed E-state index contributed by atoms with van der Waals surface area (Å²) in [6.07, 6.45) is 15.9. The first-order chi connectivity index (χ1) is 11.9. The first kappa shape index (κ1) is 14.2. The van der Waals surface area contributed by atoms with E-state index >= 15 is 0 Å². The van der Waals surface area contributed by atoms with Gasteiger partial charge in [-0.2, -0.15) is 0 Å². The molecule has 0 radical (unpaired) electrons. The maximum Gasteiger partial charge on any atom is 0.155 e. The number of aromatic nitrogens is 5. The van der Waals surface area contributed by atoms with Crippen LogP contribution >= 0.6 is 0 Å². The third kappa shape index (κ3) is 2.33. The third-order valence-electron chi connectivity index (χ3n) is 5.48. The van der Waals surface area contributed by atoms with Crippen molar-refractivity contribution in [1.29, 1.82) is 0 Å². The zero-order valence-corrected chi connectivity index (χ0v) is 13.8. The molecule has 3 aromatic rings. The van der Waals surface area contributed by atoms with E-state index < -0.39 is 0 Å². The van der Waals surface area contributed by atoms with E-state index in [-0.39, 0.29) is 0 Å². The predicted octanol–water partition coefficient (Wildman–Crippen LogP) is 2.25. The summed E-state index contributed by atoms with van der Waals surface area (Å²) in [6, 6.07) is 0.570. The highest BCUT2D eigenvalue weighted by Gasteiger charge is 2.27. The van der Waals surface area contributed by atoms with Crippen LogP contribution in [-0.4, -0.2) is 41.9 Å². The number of rotatable bonds is 3. The van der Waals surface area contributed by atoms with Crippen LogP contribution in [0.5, 0.6) is 0 Å². The van der Waals surface area contributed by atoms with Crippen molar-refractivity contribution < 1.29 is 0 Å². The maximum absolute atomic E-state index is 4.67. The standard InChI is InChI=1S/C18H22N6/c1-2-4-17-16(3-1)21-13-24(17)14-5-7-22(11-14)12-15-9-20-18-10-19-6-8-23(15)18/h6,8-10,13-14H,1-5,7,11-12H2/t14-/m1/s1. The lowest BCUT2D eigenvalue weighted by molar-refractivity contribution is 0.310. The first-order valence-electron chi connectivity index (χ1n) is 8.91. The zero-order valence-electron chi connectivity index (χ0n) is 13.8. The Balaban J connectivity index is 1.33. The molecule has 1 aliphatic heterocycles. The fourth-order valence-electron chi connectivity index (χ4n) is 4.23. The van der Waals surface area contributed by atoms with E-state index in [0.717, 1.165) is 31.7 Å². The molecule has 0 aromatic carbocycles. The van der Waals surface area contributed by atoms with Gasteiger partial charge < -0.3 is 4.57 Å². The number of nitrogens with zero attached hydrogens (tertiary/aromatic N) is 6. The average molecular weight is 322 g/mol. The first-order valence-corrected chi connectivity index (χ1v) is 8.91. The Kier molecular flexibility index (Phi) is 3.36. The molecule has 1 fully saturated rings. The minimum absolute atomic E-state index is 0.570. The van der Waals surface area contributed by atoms with Gasteiger partial charge in [0.1, 0.15) is 0 Å². The van der Waals surface area contributed by atoms with Crippen LogP contribution in [0.2, 0.25) is 0 Å². The molecule has 6 nitrogen and oxygen atoms in total. The van der Waals surface area contributed by atoms with Gasteiger partial charge in [0, 0.05) is 43.8 Å². The second kappa shape index (κ2) is 5.70. The highest BCUT2D eigenvalue weighted by molar-refractivity contribution is 5.36. The highest BCUT2D eigenvalue weighted by Crippen LogP contribution is 2.28. The molecule has 2 aliphatic rings. The van der Waals surface area contributed by atoms with Crippen molar-refractivity contribution in [2.75, 3.05) is 13.1 Å². The number of hydrogen-bond acceptors (Lipinski definition) is 4. The predicted molar refractivity (Wildman–Crippen MR) is 90.8 cm³/mol. The summed E-state index contributed by atoms with van der Waals surface area (Å²) in [5, 5.41) is 0. The van der Waals surface area contributed by atoms with Gasteiger partial charge in [-0.15, -0.1) is 0 Å². The minimum atomic E-state index is 0.570. The Bertz CT molecular complexity index is 863. The average Bonchev–Trinajstić information content (AvgIpc) is 3.34. The largest absolute Gasteiger partial charge is 0.330 e. The van der Waals surface area contributed by atoms with Gasteiger partial charge in [0.05, 0.1) is 30.1 Å². The van der Waals surface area contributed by atoms with Gasteiger partial charge in [0.2, 0.25) is 0 Å². The Labute approximate surface area is 141 Å². The van der Waals surface area contributed by atoms with Gasteiger partial charge in [-0.25, -0.2) is 9.97 Å². The lowest BCUT2D eigenvalue weighted by atomic mass is 10.0. The Morgan fingerprint density at radius 3 is 3.08 bits per heavy atom. The molecule has 0 saturated carbocycles. The van der Waals surface area contributed by atoms with Crippen molar-refractivity contribution in [2.45, 2.75) is 44.7 Å². The molecule has 24 heavy (non-hydrogen) atoms. The van der Waals surface area contributed by atoms with Crippen molar-refractivity contribution in [1.82, 2.24) is 28.8 Å². The number of likely N-dealkylation sites (tertiary alicyclic amines) is 1. The molecule has 0 spiro atoms. The molecule has 5 rings (SSSR count). The van der Waals surface area contributed by atoms with E-state index in [4.69, 9.17) is 0 Å². The monoisotopic (exact) mass is 322 g/mol. The number of aryl methyl sites for hydroxylation is 1. The second-order valence-electron chi connectivity index (χ2n) is 6.98. The van der Waals surface area contributed by atoms with Crippen LogP contribution in [0.25, 0.3) is 5.65 Å². The molecule has 124 valence electrons. The van der Waals surface area contributed by atoms with Gasteiger partial charge in [-0.05, 0) is 32.1 Å². The van der Waals surface area contributed by atoms with Crippen molar-refractivity contribution in [3.8, 4) is 0 Å². The van der Waals surface area contributed by atoms with E-state index in [2.05, 4.69) is 35.1 Å². The summed E-state index contributed by atoms with van der Waals surface area (Å²) < 4.78 is 4.60. The molecule has 0 bridgehead atoms. The summed E-state index contributed by atoms with van der Waals surface area (Å²) >= 11 is 0. The number of fused-ring (bicyclic) bond motifs is 2. The summed E-state index contributed by atoms with van der Waals surface area (Å²) in [6.45, 7) is 3.18. The van der Waals surface area contributed by atoms with Crippen LogP contribution < -0.4 is 0 Å². The Morgan fingerprint density at radius 1 is 1.12 bits per heavy atom. The van der Waals surface area contributed by atoms with Crippen LogP contribution in [0.4, 0.5) is 0 Å². The summed E-state index contributed by atoms with van der Waals surface area (Å²) in [4.78, 5) is 15.8. The smallest absolute Gasteiger partial charge is 0.155 e. The lowest BCUT2D eigenvalue weighted by Gasteiger charge is -2.20. The van der Waals surface area contributed by atoms with Crippen LogP contribution in [0.15, 0.2) is 31.1 Å². The molecule has 1 atom stereocenters. The van der Waals surface area contributed by atoms with E-state index in [1.807, 2.05) is 24.8 Å². The molecule has 0 N–H and O–H groups in total. The molecule has 4 heterocycles. The van der Waals surface area contributed by atoms with E-state index in [1.54, 1.807) is 0 Å². The zero-order chi connectivity index (χ0) is 15.9. The van der Waals surface area contributed by atoms with Gasteiger partial charge in [0.15, 0.2) is 5.65 Å². The fraction of sp³-hybridized carbons (Fsp3) is 0.500. The minimum Gasteiger partial charge on any atom is -0.330 e. The van der Waals surface area contributed by atoms with Crippen molar-refractivity contribution in [3.05, 3.63) is 48.2 Å². The summed E-state index contributed by atoms with van der Waals surface area (Å²) in [5.74, 6) is 0. The van der Waals surface area contributed by atoms with Crippen molar-refractivity contribution >= 4 is 5.65 Å². The van der Waals surface area contributed by atoms with Gasteiger partial charge in [-0.3, -0.25) is 14.3 Å². The van der Waals surface area contributed by atoms with Gasteiger partial charge in [-0.1, -0.05) is 0 Å². The third-order valence-corrected chi connectivity index (χ3v) is 5.48. The molecule has 1 aliphatic carbocycles. The quantitative estimate of drug-likeness (QED) is 0.742. The van der Waals surface area contributed by atoms with Gasteiger partial charge >= 0.3 is 0 Å². The summed E-state index contributed by atoms with van der Waals surface area (Å²) in [7, 11) is 0. The van der Waals surface area contributed by atoms with Crippen LogP contribution in [0.1, 0.15) is 42.4 Å². The SMILES string of the molecule is c1cn2c(CN3CC[C@@H](n4cnc5c4CCCC5)C3)cnc2cn1. The normalized spacial score (nSPS) is 21.4. The Morgan fingerprint density at radius 2 is 2.08 bits per heavy atom. The van der Waals surface area contributed by atoms with Crippen molar-refractivity contribution in [2.24, 2.45) is 0 Å². The topological polar surface area (TPSA) is 51.2 Å².